The largest absolute Gasteiger partial charge is 0.340 e. The van der Waals surface area contributed by atoms with Crippen LogP contribution in [0.3, 0.4) is 0 Å². The first kappa shape index (κ1) is 21.6. The number of fused-ring (bicyclic) bond motifs is 1. The summed E-state index contributed by atoms with van der Waals surface area (Å²) in [6, 6.07) is 4.30. The van der Waals surface area contributed by atoms with Gasteiger partial charge in [0, 0.05) is 25.3 Å². The van der Waals surface area contributed by atoms with Crippen molar-refractivity contribution in [1.82, 2.24) is 24.7 Å². The molecule has 2 N–H and O–H groups in total. The molecule has 1 aliphatic heterocycles. The second-order valence-corrected chi connectivity index (χ2v) is 9.70. The van der Waals surface area contributed by atoms with Crippen molar-refractivity contribution in [1.29, 1.82) is 0 Å². The van der Waals surface area contributed by atoms with Gasteiger partial charge >= 0.3 is 0 Å². The van der Waals surface area contributed by atoms with Crippen LogP contribution in [0.1, 0.15) is 12.8 Å². The molecule has 1 aromatic carbocycles. The van der Waals surface area contributed by atoms with Gasteiger partial charge in [-0.25, -0.2) is 37.5 Å². The van der Waals surface area contributed by atoms with Crippen LogP contribution in [-0.4, -0.2) is 54.2 Å². The molecule has 12 heteroatoms. The first-order chi connectivity index (χ1) is 14.8. The van der Waals surface area contributed by atoms with E-state index in [0.717, 1.165) is 25.6 Å². The van der Waals surface area contributed by atoms with E-state index in [-0.39, 0.29) is 10.9 Å². The van der Waals surface area contributed by atoms with Crippen LogP contribution in [0.4, 0.5) is 21.8 Å². The first-order valence-electron chi connectivity index (χ1n) is 9.68. The lowest BCUT2D eigenvalue weighted by molar-refractivity contribution is 0.408. The summed E-state index contributed by atoms with van der Waals surface area (Å²) >= 11 is 5.87. The zero-order valence-electron chi connectivity index (χ0n) is 16.7. The number of rotatable bonds is 6. The third-order valence-corrected chi connectivity index (χ3v) is 5.96. The lowest BCUT2D eigenvalue weighted by atomic mass is 9.99. The minimum atomic E-state index is -3.23. The number of nitrogens with zero attached hydrogens (tertiary/aromatic N) is 5. The first-order valence-corrected chi connectivity index (χ1v) is 11.9. The van der Waals surface area contributed by atoms with Crippen LogP contribution >= 0.6 is 11.6 Å². The van der Waals surface area contributed by atoms with Gasteiger partial charge in [0.15, 0.2) is 5.82 Å². The number of nitrogens with one attached hydrogen (secondary N) is 2. The maximum absolute atomic E-state index is 13.5. The molecule has 0 amide bonds. The second kappa shape index (κ2) is 8.85. The average Bonchev–Trinajstić information content (AvgIpc) is 2.74. The summed E-state index contributed by atoms with van der Waals surface area (Å²) in [6.45, 7) is 1.78. The molecule has 0 radical (unpaired) electrons. The summed E-state index contributed by atoms with van der Waals surface area (Å²) in [4.78, 5) is 19.6. The van der Waals surface area contributed by atoms with Crippen LogP contribution in [0.5, 0.6) is 0 Å². The van der Waals surface area contributed by atoms with Crippen LogP contribution in [0.25, 0.3) is 11.0 Å². The molecular formula is C19H21ClFN7O2S. The van der Waals surface area contributed by atoms with Gasteiger partial charge in [0.25, 0.3) is 0 Å². The monoisotopic (exact) mass is 465 g/mol. The Morgan fingerprint density at radius 2 is 2.13 bits per heavy atom. The Labute approximate surface area is 184 Å². The highest BCUT2D eigenvalue weighted by molar-refractivity contribution is 7.88. The number of piperidine rings is 1. The highest BCUT2D eigenvalue weighted by Crippen LogP contribution is 2.27. The van der Waals surface area contributed by atoms with Crippen molar-refractivity contribution in [3.05, 3.63) is 41.6 Å². The number of anilines is 3. The van der Waals surface area contributed by atoms with Gasteiger partial charge in [-0.15, -0.1) is 0 Å². The van der Waals surface area contributed by atoms with Crippen molar-refractivity contribution in [3.8, 4) is 0 Å². The van der Waals surface area contributed by atoms with Gasteiger partial charge in [-0.05, 0) is 37.0 Å². The van der Waals surface area contributed by atoms with Crippen molar-refractivity contribution < 1.29 is 12.8 Å². The van der Waals surface area contributed by atoms with Gasteiger partial charge < -0.3 is 10.2 Å². The van der Waals surface area contributed by atoms with Crippen molar-refractivity contribution in [3.63, 3.8) is 0 Å². The molecule has 1 fully saturated rings. The van der Waals surface area contributed by atoms with Gasteiger partial charge in [0.2, 0.25) is 16.0 Å². The van der Waals surface area contributed by atoms with E-state index in [1.54, 1.807) is 12.3 Å². The maximum atomic E-state index is 13.5. The number of halogens is 2. The molecule has 0 aliphatic carbocycles. The lowest BCUT2D eigenvalue weighted by Crippen LogP contribution is -2.41. The van der Waals surface area contributed by atoms with E-state index in [1.165, 1.54) is 18.5 Å². The van der Waals surface area contributed by atoms with Crippen LogP contribution in [0.15, 0.2) is 30.7 Å². The Morgan fingerprint density at radius 1 is 1.29 bits per heavy atom. The quantitative estimate of drug-likeness (QED) is 0.571. The molecule has 164 valence electrons. The normalized spacial score (nSPS) is 17.1. The minimum absolute atomic E-state index is 0.000683. The molecular weight excluding hydrogens is 445 g/mol. The molecule has 0 bridgehead atoms. The zero-order valence-corrected chi connectivity index (χ0v) is 18.3. The fraction of sp³-hybridized carbons (Fsp3) is 0.368. The number of aromatic nitrogens is 4. The smallest absolute Gasteiger partial charge is 0.226 e. The van der Waals surface area contributed by atoms with Crippen LogP contribution in [0.2, 0.25) is 5.02 Å². The molecule has 4 rings (SSSR count). The van der Waals surface area contributed by atoms with Gasteiger partial charge in [-0.2, -0.15) is 0 Å². The van der Waals surface area contributed by atoms with E-state index < -0.39 is 15.8 Å². The van der Waals surface area contributed by atoms with E-state index in [4.69, 9.17) is 11.6 Å². The zero-order chi connectivity index (χ0) is 22.0. The Kier molecular flexibility index (Phi) is 6.17. The molecule has 2 aromatic heterocycles. The molecule has 1 atom stereocenters. The molecule has 3 aromatic rings. The van der Waals surface area contributed by atoms with E-state index in [0.29, 0.717) is 41.6 Å². The van der Waals surface area contributed by atoms with Crippen LogP contribution < -0.4 is 14.9 Å². The summed E-state index contributed by atoms with van der Waals surface area (Å²) < 4.78 is 38.8. The van der Waals surface area contributed by atoms with E-state index >= 15 is 0 Å². The van der Waals surface area contributed by atoms with Crippen molar-refractivity contribution in [2.24, 2.45) is 5.92 Å². The summed E-state index contributed by atoms with van der Waals surface area (Å²) in [7, 11) is -3.23. The molecule has 1 saturated heterocycles. The Balaban J connectivity index is 1.58. The average molecular weight is 466 g/mol. The fourth-order valence-corrected chi connectivity index (χ4v) is 4.20. The van der Waals surface area contributed by atoms with Crippen molar-refractivity contribution in [2.75, 3.05) is 36.1 Å². The topological polar surface area (TPSA) is 113 Å². The molecule has 0 spiro atoms. The SMILES string of the molecule is CS(=O)(=O)NCC1CCCN(c2ncc3ncnc(Nc4ccc(F)c(Cl)c4)c3n2)C1. The van der Waals surface area contributed by atoms with E-state index in [1.807, 2.05) is 4.90 Å². The van der Waals surface area contributed by atoms with Crippen molar-refractivity contribution >= 4 is 50.1 Å². The molecule has 1 unspecified atom stereocenters. The van der Waals surface area contributed by atoms with Crippen LogP contribution in [0, 0.1) is 11.7 Å². The summed E-state index contributed by atoms with van der Waals surface area (Å²) in [6.07, 6.45) is 6.01. The van der Waals surface area contributed by atoms with E-state index in [9.17, 15) is 12.8 Å². The van der Waals surface area contributed by atoms with Gasteiger partial charge in [0.1, 0.15) is 23.2 Å². The predicted octanol–water partition coefficient (Wildman–Crippen LogP) is 2.72. The van der Waals surface area contributed by atoms with Gasteiger partial charge in [-0.3, -0.25) is 0 Å². The molecule has 3 heterocycles. The van der Waals surface area contributed by atoms with Gasteiger partial charge in [-0.1, -0.05) is 11.6 Å². The number of sulfonamides is 1. The number of benzene rings is 1. The molecule has 31 heavy (non-hydrogen) atoms. The maximum Gasteiger partial charge on any atom is 0.226 e. The highest BCUT2D eigenvalue weighted by atomic mass is 35.5. The highest BCUT2D eigenvalue weighted by Gasteiger charge is 2.23. The lowest BCUT2D eigenvalue weighted by Gasteiger charge is -2.32. The second-order valence-electron chi connectivity index (χ2n) is 7.45. The molecule has 1 aliphatic rings. The Hall–Kier alpha value is -2.63. The third kappa shape index (κ3) is 5.35. The third-order valence-electron chi connectivity index (χ3n) is 4.98. The number of hydrogen-bond donors (Lipinski definition) is 2. The van der Waals surface area contributed by atoms with E-state index in [2.05, 4.69) is 30.0 Å². The molecule has 0 saturated carbocycles. The Bertz CT molecular complexity index is 1210. The number of hydrogen-bond acceptors (Lipinski definition) is 8. The summed E-state index contributed by atoms with van der Waals surface area (Å²) in [5, 5.41) is 3.10. The van der Waals surface area contributed by atoms with Gasteiger partial charge in [0.05, 0.1) is 17.5 Å². The minimum Gasteiger partial charge on any atom is -0.340 e. The Morgan fingerprint density at radius 3 is 2.90 bits per heavy atom. The predicted molar refractivity (Wildman–Crippen MR) is 118 cm³/mol. The summed E-state index contributed by atoms with van der Waals surface area (Å²) in [5.41, 5.74) is 1.64. The summed E-state index contributed by atoms with van der Waals surface area (Å²) in [5.74, 6) is 0.623. The standard InChI is InChI=1S/C19H21ClFN7O2S/c1-31(29,30)25-8-12-3-2-6-28(10-12)19-22-9-16-17(27-19)18(24-11-23-16)26-13-4-5-15(21)14(20)7-13/h4-5,7,9,11-12,25H,2-3,6,8,10H2,1H3,(H,23,24,26). The van der Waals surface area contributed by atoms with Crippen molar-refractivity contribution in [2.45, 2.75) is 12.8 Å². The molecule has 9 nitrogen and oxygen atoms in total. The fourth-order valence-electron chi connectivity index (χ4n) is 3.48. The van der Waals surface area contributed by atoms with Crippen LogP contribution in [-0.2, 0) is 10.0 Å².